The van der Waals surface area contributed by atoms with Gasteiger partial charge in [-0.05, 0) is 25.0 Å². The highest BCUT2D eigenvalue weighted by Crippen LogP contribution is 2.31. The number of nitrogens with two attached hydrogens (primary N) is 1. The lowest BCUT2D eigenvalue weighted by molar-refractivity contribution is -0.124. The number of rotatable bonds is 2. The molecule has 1 fully saturated rings. The van der Waals surface area contributed by atoms with E-state index < -0.39 is 6.04 Å². The van der Waals surface area contributed by atoms with Crippen LogP contribution in [0.25, 0.3) is 0 Å². The zero-order valence-electron chi connectivity index (χ0n) is 11.0. The van der Waals surface area contributed by atoms with E-state index in [2.05, 4.69) is 5.32 Å². The standard InChI is InChI=1S/C13H15Cl2N3O2/c1-17-12(19)10-3-2-4-18(10)13(20)7-5-8(14)11(15)9(16)6-7/h5-6,10H,2-4,16H2,1H3,(H,17,19). The molecular formula is C13H15Cl2N3O2. The van der Waals surface area contributed by atoms with E-state index in [1.165, 1.54) is 17.0 Å². The van der Waals surface area contributed by atoms with Gasteiger partial charge in [0.15, 0.2) is 0 Å². The summed E-state index contributed by atoms with van der Waals surface area (Å²) in [4.78, 5) is 25.8. The summed E-state index contributed by atoms with van der Waals surface area (Å²) in [5.41, 5.74) is 6.30. The van der Waals surface area contributed by atoms with Gasteiger partial charge in [0.25, 0.3) is 5.91 Å². The molecule has 3 N–H and O–H groups in total. The Morgan fingerprint density at radius 2 is 2.10 bits per heavy atom. The van der Waals surface area contributed by atoms with Gasteiger partial charge in [0.2, 0.25) is 5.91 Å². The molecule has 0 radical (unpaired) electrons. The minimum Gasteiger partial charge on any atom is -0.397 e. The Morgan fingerprint density at radius 3 is 2.70 bits per heavy atom. The third-order valence-electron chi connectivity index (χ3n) is 3.37. The Labute approximate surface area is 127 Å². The van der Waals surface area contributed by atoms with E-state index in [1.807, 2.05) is 0 Å². The molecule has 0 saturated carbocycles. The summed E-state index contributed by atoms with van der Waals surface area (Å²) in [6.45, 7) is 0.539. The zero-order valence-corrected chi connectivity index (χ0v) is 12.5. The summed E-state index contributed by atoms with van der Waals surface area (Å²) < 4.78 is 0. The first-order valence-corrected chi connectivity index (χ1v) is 6.98. The minimum atomic E-state index is -0.442. The van der Waals surface area contributed by atoms with Gasteiger partial charge in [-0.25, -0.2) is 0 Å². The molecule has 0 spiro atoms. The van der Waals surface area contributed by atoms with Crippen LogP contribution in [0.3, 0.4) is 0 Å². The van der Waals surface area contributed by atoms with Crippen LogP contribution in [0, 0.1) is 0 Å². The number of nitrogens with one attached hydrogen (secondary N) is 1. The van der Waals surface area contributed by atoms with Crippen molar-refractivity contribution in [3.8, 4) is 0 Å². The van der Waals surface area contributed by atoms with Crippen LogP contribution >= 0.6 is 23.2 Å². The number of nitrogen functional groups attached to an aromatic ring is 1. The summed E-state index contributed by atoms with van der Waals surface area (Å²) in [7, 11) is 1.56. The predicted octanol–water partition coefficient (Wildman–Crippen LogP) is 1.93. The number of halogens is 2. The third-order valence-corrected chi connectivity index (χ3v) is 4.18. The lowest BCUT2D eigenvalue weighted by Gasteiger charge is -2.23. The maximum absolute atomic E-state index is 12.5. The molecule has 1 saturated heterocycles. The number of carbonyl (C=O) groups excluding carboxylic acids is 2. The van der Waals surface area contributed by atoms with Gasteiger partial charge in [0.1, 0.15) is 6.04 Å². The van der Waals surface area contributed by atoms with Crippen molar-refractivity contribution in [3.05, 3.63) is 27.7 Å². The second-order valence-corrected chi connectivity index (χ2v) is 5.42. The van der Waals surface area contributed by atoms with Crippen LogP contribution in [0.15, 0.2) is 12.1 Å². The molecule has 1 aromatic rings. The van der Waals surface area contributed by atoms with Crippen LogP contribution in [-0.4, -0.2) is 36.3 Å². The van der Waals surface area contributed by atoms with E-state index in [-0.39, 0.29) is 27.5 Å². The number of likely N-dealkylation sites (tertiary alicyclic amines) is 1. The molecule has 1 aromatic carbocycles. The fraction of sp³-hybridized carbons (Fsp3) is 0.385. The second-order valence-electron chi connectivity index (χ2n) is 4.63. The Balaban J connectivity index is 2.29. The first-order chi connectivity index (χ1) is 9.45. The molecule has 5 nitrogen and oxygen atoms in total. The Kier molecular flexibility index (Phi) is 4.40. The van der Waals surface area contributed by atoms with Crippen LogP contribution in [0.2, 0.25) is 10.0 Å². The van der Waals surface area contributed by atoms with Crippen molar-refractivity contribution >= 4 is 40.7 Å². The monoisotopic (exact) mass is 315 g/mol. The molecule has 1 atom stereocenters. The molecule has 2 rings (SSSR count). The lowest BCUT2D eigenvalue weighted by Crippen LogP contribution is -2.44. The van der Waals surface area contributed by atoms with Gasteiger partial charge in [-0.2, -0.15) is 0 Å². The fourth-order valence-electron chi connectivity index (χ4n) is 2.35. The van der Waals surface area contributed by atoms with Crippen molar-refractivity contribution in [2.24, 2.45) is 0 Å². The van der Waals surface area contributed by atoms with Crippen LogP contribution in [0.1, 0.15) is 23.2 Å². The van der Waals surface area contributed by atoms with E-state index in [9.17, 15) is 9.59 Å². The van der Waals surface area contributed by atoms with Crippen molar-refractivity contribution in [2.45, 2.75) is 18.9 Å². The van der Waals surface area contributed by atoms with Crippen LogP contribution in [-0.2, 0) is 4.79 Å². The maximum atomic E-state index is 12.5. The molecule has 0 bridgehead atoms. The molecule has 1 aliphatic heterocycles. The topological polar surface area (TPSA) is 75.4 Å². The van der Waals surface area contributed by atoms with Crippen LogP contribution in [0.5, 0.6) is 0 Å². The van der Waals surface area contributed by atoms with E-state index >= 15 is 0 Å². The van der Waals surface area contributed by atoms with E-state index in [4.69, 9.17) is 28.9 Å². The van der Waals surface area contributed by atoms with Crippen LogP contribution < -0.4 is 11.1 Å². The smallest absolute Gasteiger partial charge is 0.254 e. The summed E-state index contributed by atoms with van der Waals surface area (Å²) >= 11 is 11.8. The summed E-state index contributed by atoms with van der Waals surface area (Å²) in [5.74, 6) is -0.426. The van der Waals surface area contributed by atoms with Gasteiger partial charge in [0.05, 0.1) is 15.7 Å². The second kappa shape index (κ2) is 5.89. The number of amides is 2. The summed E-state index contributed by atoms with van der Waals surface area (Å²) in [5, 5.41) is 3.03. The van der Waals surface area contributed by atoms with Gasteiger partial charge >= 0.3 is 0 Å². The molecule has 1 aliphatic rings. The predicted molar refractivity (Wildman–Crippen MR) is 79.0 cm³/mol. The molecule has 2 amide bonds. The van der Waals surface area contributed by atoms with Crippen molar-refractivity contribution < 1.29 is 9.59 Å². The molecule has 1 heterocycles. The molecule has 1 unspecified atom stereocenters. The van der Waals surface area contributed by atoms with E-state index in [1.54, 1.807) is 7.05 Å². The van der Waals surface area contributed by atoms with Gasteiger partial charge in [-0.1, -0.05) is 23.2 Å². The average Bonchev–Trinajstić information content (AvgIpc) is 2.91. The highest BCUT2D eigenvalue weighted by molar-refractivity contribution is 6.43. The number of benzene rings is 1. The van der Waals surface area contributed by atoms with Gasteiger partial charge < -0.3 is 16.0 Å². The number of hydrogen-bond acceptors (Lipinski definition) is 3. The van der Waals surface area contributed by atoms with Crippen molar-refractivity contribution in [3.63, 3.8) is 0 Å². The van der Waals surface area contributed by atoms with E-state index in [0.717, 1.165) is 6.42 Å². The van der Waals surface area contributed by atoms with Gasteiger partial charge in [-0.15, -0.1) is 0 Å². The maximum Gasteiger partial charge on any atom is 0.254 e. The zero-order chi connectivity index (χ0) is 14.9. The Bertz CT molecular complexity index is 540. The molecule has 7 heteroatoms. The normalized spacial score (nSPS) is 18.1. The van der Waals surface area contributed by atoms with E-state index in [0.29, 0.717) is 18.5 Å². The minimum absolute atomic E-state index is 0.163. The fourth-order valence-corrected chi connectivity index (χ4v) is 2.68. The highest BCUT2D eigenvalue weighted by atomic mass is 35.5. The Morgan fingerprint density at radius 1 is 1.40 bits per heavy atom. The number of likely N-dealkylation sites (N-methyl/N-ethyl adjacent to an activating group) is 1. The van der Waals surface area contributed by atoms with Crippen molar-refractivity contribution in [1.29, 1.82) is 0 Å². The first kappa shape index (κ1) is 14.9. The molecule has 0 aliphatic carbocycles. The van der Waals surface area contributed by atoms with Crippen LogP contribution in [0.4, 0.5) is 5.69 Å². The molecule has 20 heavy (non-hydrogen) atoms. The molecule has 108 valence electrons. The first-order valence-electron chi connectivity index (χ1n) is 6.22. The molecule has 0 aromatic heterocycles. The lowest BCUT2D eigenvalue weighted by atomic mass is 10.1. The third kappa shape index (κ3) is 2.69. The van der Waals surface area contributed by atoms with Gasteiger partial charge in [0, 0.05) is 19.2 Å². The molecular weight excluding hydrogens is 301 g/mol. The summed E-state index contributed by atoms with van der Waals surface area (Å²) in [6, 6.07) is 2.51. The van der Waals surface area contributed by atoms with Gasteiger partial charge in [-0.3, -0.25) is 9.59 Å². The number of anilines is 1. The Hall–Kier alpha value is -1.46. The summed E-state index contributed by atoms with van der Waals surface area (Å²) in [6.07, 6.45) is 1.45. The number of nitrogens with zero attached hydrogens (tertiary/aromatic N) is 1. The highest BCUT2D eigenvalue weighted by Gasteiger charge is 2.34. The van der Waals surface area contributed by atoms with Crippen molar-refractivity contribution in [1.82, 2.24) is 10.2 Å². The quantitative estimate of drug-likeness (QED) is 0.819. The largest absolute Gasteiger partial charge is 0.397 e. The SMILES string of the molecule is CNC(=O)C1CCCN1C(=O)c1cc(N)c(Cl)c(Cl)c1. The van der Waals surface area contributed by atoms with Crippen molar-refractivity contribution in [2.75, 3.05) is 19.3 Å². The average molecular weight is 316 g/mol. The number of hydrogen-bond donors (Lipinski definition) is 2. The number of carbonyl (C=O) groups is 2.